The molecule has 0 bridgehead atoms. The van der Waals surface area contributed by atoms with E-state index in [2.05, 4.69) is 13.8 Å². The molecular formula is C22H30O4. The highest BCUT2D eigenvalue weighted by molar-refractivity contribution is 5.95. The average Bonchev–Trinajstić information content (AvgIpc) is 3.37. The molecule has 142 valence electrons. The highest BCUT2D eigenvalue weighted by Crippen LogP contribution is 2.68. The van der Waals surface area contributed by atoms with Crippen molar-refractivity contribution >= 4 is 5.78 Å². The van der Waals surface area contributed by atoms with E-state index in [1.165, 1.54) is 12.0 Å². The van der Waals surface area contributed by atoms with Crippen molar-refractivity contribution in [2.45, 2.75) is 76.8 Å². The first-order chi connectivity index (χ1) is 12.5. The van der Waals surface area contributed by atoms with Gasteiger partial charge in [-0.3, -0.25) is 4.79 Å². The maximum atomic E-state index is 13.3. The maximum Gasteiger partial charge on any atom is 0.173 e. The van der Waals surface area contributed by atoms with Crippen molar-refractivity contribution in [3.8, 4) is 0 Å². The predicted molar refractivity (Wildman–Crippen MR) is 95.4 cm³/mol. The van der Waals surface area contributed by atoms with E-state index in [1.807, 2.05) is 6.08 Å². The molecule has 0 N–H and O–H groups in total. The zero-order chi connectivity index (χ0) is 17.7. The first kappa shape index (κ1) is 16.3. The van der Waals surface area contributed by atoms with Crippen LogP contribution in [0.1, 0.15) is 58.8 Å². The zero-order valence-corrected chi connectivity index (χ0v) is 16.0. The van der Waals surface area contributed by atoms with Crippen molar-refractivity contribution in [3.05, 3.63) is 11.6 Å². The lowest BCUT2D eigenvalue weighted by Gasteiger charge is -2.58. The smallest absolute Gasteiger partial charge is 0.173 e. The number of epoxide rings is 1. The van der Waals surface area contributed by atoms with Gasteiger partial charge >= 0.3 is 0 Å². The molecule has 2 aliphatic heterocycles. The molecule has 6 aliphatic rings. The second kappa shape index (κ2) is 5.01. The van der Waals surface area contributed by atoms with Gasteiger partial charge in [0.15, 0.2) is 11.6 Å². The third-order valence-corrected chi connectivity index (χ3v) is 9.22. The molecule has 0 aromatic carbocycles. The minimum absolute atomic E-state index is 0.0285. The molecule has 4 heteroatoms. The number of hydrogen-bond donors (Lipinski definition) is 0. The van der Waals surface area contributed by atoms with Crippen LogP contribution in [0.15, 0.2) is 11.6 Å². The minimum Gasteiger partial charge on any atom is -0.365 e. The molecule has 7 atom stereocenters. The molecule has 4 nitrogen and oxygen atoms in total. The quantitative estimate of drug-likeness (QED) is 0.620. The summed E-state index contributed by atoms with van der Waals surface area (Å²) in [5.41, 5.74) is 1.45. The van der Waals surface area contributed by atoms with Crippen LogP contribution >= 0.6 is 0 Å². The largest absolute Gasteiger partial charge is 0.365 e. The number of carbonyl (C=O) groups excluding carboxylic acids is 1. The topological polar surface area (TPSA) is 48.1 Å². The molecule has 0 unspecified atom stereocenters. The summed E-state index contributed by atoms with van der Waals surface area (Å²) in [6.45, 7) is 6.36. The molecule has 26 heavy (non-hydrogen) atoms. The van der Waals surface area contributed by atoms with E-state index in [-0.39, 0.29) is 22.9 Å². The lowest BCUT2D eigenvalue weighted by molar-refractivity contribution is -0.321. The van der Waals surface area contributed by atoms with Crippen molar-refractivity contribution in [3.63, 3.8) is 0 Å². The summed E-state index contributed by atoms with van der Waals surface area (Å²) in [7, 11) is 0. The Morgan fingerprint density at radius 2 is 1.77 bits per heavy atom. The number of ketones is 1. The van der Waals surface area contributed by atoms with Gasteiger partial charge in [-0.25, -0.2) is 0 Å². The van der Waals surface area contributed by atoms with Gasteiger partial charge in [-0.2, -0.15) is 0 Å². The average molecular weight is 358 g/mol. The van der Waals surface area contributed by atoms with Gasteiger partial charge in [-0.15, -0.1) is 0 Å². The number of ether oxygens (including phenoxy) is 3. The molecule has 2 heterocycles. The fourth-order valence-corrected chi connectivity index (χ4v) is 7.70. The van der Waals surface area contributed by atoms with Crippen LogP contribution in [0.5, 0.6) is 0 Å². The summed E-state index contributed by atoms with van der Waals surface area (Å²) in [5.74, 6) is 0.925. The van der Waals surface area contributed by atoms with Gasteiger partial charge in [0.1, 0.15) is 6.10 Å². The summed E-state index contributed by atoms with van der Waals surface area (Å²) in [5, 5.41) is 0. The molecule has 0 aromatic heterocycles. The van der Waals surface area contributed by atoms with Crippen molar-refractivity contribution in [2.24, 2.45) is 28.6 Å². The van der Waals surface area contributed by atoms with Crippen LogP contribution in [0, 0.1) is 28.6 Å². The molecule has 1 spiro atoms. The number of rotatable bonds is 0. The Morgan fingerprint density at radius 3 is 2.58 bits per heavy atom. The Labute approximate surface area is 155 Å². The number of fused-ring (bicyclic) bond motifs is 8. The summed E-state index contributed by atoms with van der Waals surface area (Å²) in [6, 6.07) is 0. The fourth-order valence-electron chi connectivity index (χ4n) is 7.70. The SMILES string of the molecule is C[C@]12CC[C@H]3O[C@H]3C1=CC(=O)[C@@H]1[C@@H]2CC[C@@]2(C)[C@H]1CCC21OCCCO1. The number of hydrogen-bond acceptors (Lipinski definition) is 4. The Balaban J connectivity index is 1.40. The van der Waals surface area contributed by atoms with E-state index in [1.54, 1.807) is 0 Å². The molecular weight excluding hydrogens is 328 g/mol. The highest BCUT2D eigenvalue weighted by atomic mass is 16.7. The van der Waals surface area contributed by atoms with Crippen molar-refractivity contribution in [1.29, 1.82) is 0 Å². The first-order valence-corrected chi connectivity index (χ1v) is 10.7. The molecule has 6 rings (SSSR count). The van der Waals surface area contributed by atoms with Gasteiger partial charge in [0.05, 0.1) is 19.3 Å². The summed E-state index contributed by atoms with van der Waals surface area (Å²) in [4.78, 5) is 13.3. The molecule has 4 aliphatic carbocycles. The summed E-state index contributed by atoms with van der Waals surface area (Å²) in [6.07, 6.45) is 10.2. The van der Waals surface area contributed by atoms with Gasteiger partial charge < -0.3 is 14.2 Å². The first-order valence-electron chi connectivity index (χ1n) is 10.7. The molecule has 0 amide bonds. The van der Waals surface area contributed by atoms with Crippen molar-refractivity contribution in [2.75, 3.05) is 13.2 Å². The second-order valence-corrected chi connectivity index (χ2v) is 10.1. The van der Waals surface area contributed by atoms with Crippen LogP contribution in [0.4, 0.5) is 0 Å². The van der Waals surface area contributed by atoms with E-state index >= 15 is 0 Å². The standard InChI is InChI=1S/C22H30O4/c1-20-7-6-17-19(26-17)15(20)12-16(23)18-13(20)4-8-21(2)14(18)5-9-22(21)24-10-3-11-25-22/h12-14,17-19H,3-11H2,1-2H3/t13-,14-,17+,18+,19-,20+,21-/m0/s1. The predicted octanol–water partition coefficient (Wildman–Crippen LogP) is 3.64. The maximum absolute atomic E-state index is 13.3. The van der Waals surface area contributed by atoms with Gasteiger partial charge in [-0.05, 0) is 67.4 Å². The summed E-state index contributed by atoms with van der Waals surface area (Å²) >= 11 is 0. The van der Waals surface area contributed by atoms with Crippen LogP contribution in [-0.4, -0.2) is 37.0 Å². The highest BCUT2D eigenvalue weighted by Gasteiger charge is 2.69. The van der Waals surface area contributed by atoms with E-state index in [9.17, 15) is 4.79 Å². The minimum atomic E-state index is -0.441. The van der Waals surface area contributed by atoms with Crippen LogP contribution < -0.4 is 0 Å². The van der Waals surface area contributed by atoms with Crippen molar-refractivity contribution in [1.82, 2.24) is 0 Å². The molecule has 0 aromatic rings. The van der Waals surface area contributed by atoms with E-state index in [0.29, 0.717) is 23.7 Å². The molecule has 2 saturated heterocycles. The van der Waals surface area contributed by atoms with Gasteiger partial charge in [0.2, 0.25) is 0 Å². The zero-order valence-electron chi connectivity index (χ0n) is 16.0. The lowest BCUT2D eigenvalue weighted by atomic mass is 9.47. The lowest BCUT2D eigenvalue weighted by Crippen LogP contribution is -2.59. The van der Waals surface area contributed by atoms with E-state index < -0.39 is 5.79 Å². The second-order valence-electron chi connectivity index (χ2n) is 10.1. The molecule has 5 fully saturated rings. The Hall–Kier alpha value is -0.710. The number of allylic oxidation sites excluding steroid dienone is 1. The van der Waals surface area contributed by atoms with E-state index in [4.69, 9.17) is 14.2 Å². The van der Waals surface area contributed by atoms with Gasteiger partial charge in [0, 0.05) is 17.8 Å². The number of carbonyl (C=O) groups is 1. The van der Waals surface area contributed by atoms with Crippen LogP contribution in [-0.2, 0) is 19.0 Å². The Kier molecular flexibility index (Phi) is 3.13. The van der Waals surface area contributed by atoms with Gasteiger partial charge in [-0.1, -0.05) is 13.8 Å². The monoisotopic (exact) mass is 358 g/mol. The van der Waals surface area contributed by atoms with Crippen LogP contribution in [0.3, 0.4) is 0 Å². The molecule has 3 saturated carbocycles. The van der Waals surface area contributed by atoms with Crippen molar-refractivity contribution < 1.29 is 19.0 Å². The fraction of sp³-hybridized carbons (Fsp3) is 0.864. The van der Waals surface area contributed by atoms with Gasteiger partial charge in [0.25, 0.3) is 0 Å². The molecule has 0 radical (unpaired) electrons. The van der Waals surface area contributed by atoms with Crippen LogP contribution in [0.2, 0.25) is 0 Å². The third-order valence-electron chi connectivity index (χ3n) is 9.22. The van der Waals surface area contributed by atoms with E-state index in [0.717, 1.165) is 51.7 Å². The third kappa shape index (κ3) is 1.80. The Morgan fingerprint density at radius 1 is 1.00 bits per heavy atom. The van der Waals surface area contributed by atoms with Crippen LogP contribution in [0.25, 0.3) is 0 Å². The normalized spacial score (nSPS) is 54.0. The summed E-state index contributed by atoms with van der Waals surface area (Å²) < 4.78 is 18.5. The Bertz CT molecular complexity index is 692.